The van der Waals surface area contributed by atoms with Crippen molar-refractivity contribution in [2.45, 2.75) is 46.5 Å². The Morgan fingerprint density at radius 2 is 2.00 bits per heavy atom. The van der Waals surface area contributed by atoms with Crippen molar-refractivity contribution in [3.63, 3.8) is 0 Å². The first-order valence-corrected chi connectivity index (χ1v) is 7.74. The number of nitrogen functional groups attached to an aromatic ring is 1. The van der Waals surface area contributed by atoms with Gasteiger partial charge in [-0.1, -0.05) is 40.0 Å². The zero-order valence-electron chi connectivity index (χ0n) is 13.4. The first-order chi connectivity index (χ1) is 10.0. The molecule has 1 aromatic carbocycles. The number of anilines is 1. The second kappa shape index (κ2) is 9.27. The van der Waals surface area contributed by atoms with Crippen LogP contribution < -0.4 is 10.5 Å². The summed E-state index contributed by atoms with van der Waals surface area (Å²) in [6.45, 7) is 7.24. The maximum absolute atomic E-state index is 11.8. The predicted octanol–water partition coefficient (Wildman–Crippen LogP) is 4.04. The van der Waals surface area contributed by atoms with E-state index in [0.717, 1.165) is 12.8 Å². The number of rotatable bonds is 9. The van der Waals surface area contributed by atoms with Crippen LogP contribution >= 0.6 is 0 Å². The smallest absolute Gasteiger partial charge is 0.338 e. The van der Waals surface area contributed by atoms with Gasteiger partial charge in [-0.2, -0.15) is 0 Å². The summed E-state index contributed by atoms with van der Waals surface area (Å²) in [5.74, 6) is 0.605. The fraction of sp³-hybridized carbons (Fsp3) is 0.588. The highest BCUT2D eigenvalue weighted by atomic mass is 16.5. The lowest BCUT2D eigenvalue weighted by molar-refractivity contribution is 0.0459. The Bertz CT molecular complexity index is 444. The first kappa shape index (κ1) is 17.3. The van der Waals surface area contributed by atoms with Crippen LogP contribution in [0.25, 0.3) is 0 Å². The van der Waals surface area contributed by atoms with E-state index in [9.17, 15) is 4.79 Å². The number of ether oxygens (including phenoxy) is 2. The fourth-order valence-corrected chi connectivity index (χ4v) is 1.84. The van der Waals surface area contributed by atoms with E-state index in [0.29, 0.717) is 36.1 Å². The molecule has 0 heterocycles. The quantitative estimate of drug-likeness (QED) is 0.424. The largest absolute Gasteiger partial charge is 0.491 e. The lowest BCUT2D eigenvalue weighted by Gasteiger charge is -2.11. The molecule has 0 aliphatic heterocycles. The van der Waals surface area contributed by atoms with Crippen molar-refractivity contribution in [1.29, 1.82) is 0 Å². The summed E-state index contributed by atoms with van der Waals surface area (Å²) in [4.78, 5) is 11.8. The van der Waals surface area contributed by atoms with E-state index in [-0.39, 0.29) is 5.97 Å². The van der Waals surface area contributed by atoms with Crippen LogP contribution in [0.3, 0.4) is 0 Å². The molecule has 0 amide bonds. The van der Waals surface area contributed by atoms with E-state index < -0.39 is 0 Å². The standard InChI is InChI=1S/C17H27NO3/c1-4-5-6-7-10-20-16-9-8-14(11-15(16)18)17(19)21-12-13(2)3/h8-9,11,13H,4-7,10,12,18H2,1-3H3. The minimum atomic E-state index is -0.343. The molecular weight excluding hydrogens is 266 g/mol. The van der Waals surface area contributed by atoms with E-state index in [1.54, 1.807) is 18.2 Å². The Balaban J connectivity index is 2.49. The van der Waals surface area contributed by atoms with E-state index in [4.69, 9.17) is 15.2 Å². The summed E-state index contributed by atoms with van der Waals surface area (Å²) in [7, 11) is 0. The summed E-state index contributed by atoms with van der Waals surface area (Å²) in [6.07, 6.45) is 4.61. The lowest BCUT2D eigenvalue weighted by atomic mass is 10.2. The van der Waals surface area contributed by atoms with Crippen LogP contribution in [0.1, 0.15) is 56.8 Å². The van der Waals surface area contributed by atoms with Crippen molar-refractivity contribution >= 4 is 11.7 Å². The molecule has 1 aromatic rings. The van der Waals surface area contributed by atoms with Gasteiger partial charge in [-0.3, -0.25) is 0 Å². The van der Waals surface area contributed by atoms with Crippen LogP contribution in [0.15, 0.2) is 18.2 Å². The number of benzene rings is 1. The summed E-state index contributed by atoms with van der Waals surface area (Å²) in [5.41, 5.74) is 6.86. The third-order valence-corrected chi connectivity index (χ3v) is 3.05. The molecule has 4 nitrogen and oxygen atoms in total. The molecule has 0 aromatic heterocycles. The molecule has 0 fully saturated rings. The van der Waals surface area contributed by atoms with Gasteiger partial charge in [0.2, 0.25) is 0 Å². The maximum atomic E-state index is 11.8. The van der Waals surface area contributed by atoms with Gasteiger partial charge in [0.05, 0.1) is 24.5 Å². The van der Waals surface area contributed by atoms with Crippen LogP contribution in [-0.4, -0.2) is 19.2 Å². The molecular formula is C17H27NO3. The van der Waals surface area contributed by atoms with Gasteiger partial charge in [-0.05, 0) is 30.5 Å². The molecule has 0 aliphatic carbocycles. The Kier molecular flexibility index (Phi) is 7.65. The number of unbranched alkanes of at least 4 members (excludes halogenated alkanes) is 3. The number of esters is 1. The topological polar surface area (TPSA) is 61.5 Å². The molecule has 1 rings (SSSR count). The second-order valence-electron chi connectivity index (χ2n) is 5.65. The molecule has 0 bridgehead atoms. The van der Waals surface area contributed by atoms with E-state index >= 15 is 0 Å². The van der Waals surface area contributed by atoms with Crippen molar-refractivity contribution in [3.8, 4) is 5.75 Å². The highest BCUT2D eigenvalue weighted by Gasteiger charge is 2.11. The average Bonchev–Trinajstić information content (AvgIpc) is 2.45. The number of carbonyl (C=O) groups is 1. The molecule has 0 unspecified atom stereocenters. The van der Waals surface area contributed by atoms with Gasteiger partial charge < -0.3 is 15.2 Å². The van der Waals surface area contributed by atoms with Gasteiger partial charge in [0, 0.05) is 0 Å². The molecule has 0 radical (unpaired) electrons. The zero-order valence-corrected chi connectivity index (χ0v) is 13.4. The van der Waals surface area contributed by atoms with Crippen LogP contribution in [0.4, 0.5) is 5.69 Å². The molecule has 4 heteroatoms. The van der Waals surface area contributed by atoms with Crippen LogP contribution in [0.2, 0.25) is 0 Å². The summed E-state index contributed by atoms with van der Waals surface area (Å²) >= 11 is 0. The Morgan fingerprint density at radius 1 is 1.24 bits per heavy atom. The van der Waals surface area contributed by atoms with Gasteiger partial charge in [0.25, 0.3) is 0 Å². The number of hydrogen-bond acceptors (Lipinski definition) is 4. The molecule has 21 heavy (non-hydrogen) atoms. The molecule has 118 valence electrons. The molecule has 0 atom stereocenters. The summed E-state index contributed by atoms with van der Waals surface area (Å²) in [6, 6.07) is 5.05. The van der Waals surface area contributed by atoms with E-state index in [1.807, 2.05) is 13.8 Å². The van der Waals surface area contributed by atoms with Crippen molar-refractivity contribution in [2.75, 3.05) is 18.9 Å². The summed E-state index contributed by atoms with van der Waals surface area (Å²) < 4.78 is 10.8. The zero-order chi connectivity index (χ0) is 15.7. The molecule has 0 spiro atoms. The van der Waals surface area contributed by atoms with Gasteiger partial charge >= 0.3 is 5.97 Å². The highest BCUT2D eigenvalue weighted by Crippen LogP contribution is 2.23. The third-order valence-electron chi connectivity index (χ3n) is 3.05. The predicted molar refractivity (Wildman–Crippen MR) is 85.6 cm³/mol. The normalized spacial score (nSPS) is 10.7. The number of nitrogens with two attached hydrogens (primary N) is 1. The Labute approximate surface area is 127 Å². The highest BCUT2D eigenvalue weighted by molar-refractivity contribution is 5.91. The van der Waals surface area contributed by atoms with Crippen molar-refractivity contribution in [3.05, 3.63) is 23.8 Å². The first-order valence-electron chi connectivity index (χ1n) is 7.74. The van der Waals surface area contributed by atoms with Crippen molar-refractivity contribution in [1.82, 2.24) is 0 Å². The maximum Gasteiger partial charge on any atom is 0.338 e. The van der Waals surface area contributed by atoms with Crippen molar-refractivity contribution in [2.24, 2.45) is 5.92 Å². The number of hydrogen-bond donors (Lipinski definition) is 1. The minimum absolute atomic E-state index is 0.317. The monoisotopic (exact) mass is 293 g/mol. The molecule has 0 aliphatic rings. The van der Waals surface area contributed by atoms with Gasteiger partial charge in [-0.15, -0.1) is 0 Å². The van der Waals surface area contributed by atoms with Gasteiger partial charge in [0.15, 0.2) is 0 Å². The van der Waals surface area contributed by atoms with E-state index in [2.05, 4.69) is 6.92 Å². The van der Waals surface area contributed by atoms with E-state index in [1.165, 1.54) is 12.8 Å². The van der Waals surface area contributed by atoms with Gasteiger partial charge in [0.1, 0.15) is 5.75 Å². The number of carbonyl (C=O) groups excluding carboxylic acids is 1. The van der Waals surface area contributed by atoms with Gasteiger partial charge in [-0.25, -0.2) is 4.79 Å². The molecule has 0 saturated heterocycles. The SMILES string of the molecule is CCCCCCOc1ccc(C(=O)OCC(C)C)cc1N. The minimum Gasteiger partial charge on any atom is -0.491 e. The molecule has 2 N–H and O–H groups in total. The summed E-state index contributed by atoms with van der Waals surface area (Å²) in [5, 5.41) is 0. The van der Waals surface area contributed by atoms with Crippen LogP contribution in [-0.2, 0) is 4.74 Å². The fourth-order valence-electron chi connectivity index (χ4n) is 1.84. The lowest BCUT2D eigenvalue weighted by Crippen LogP contribution is -2.11. The average molecular weight is 293 g/mol. The Morgan fingerprint density at radius 3 is 2.62 bits per heavy atom. The molecule has 0 saturated carbocycles. The van der Waals surface area contributed by atoms with Crippen molar-refractivity contribution < 1.29 is 14.3 Å². The Hall–Kier alpha value is -1.71. The second-order valence-corrected chi connectivity index (χ2v) is 5.65. The van der Waals surface area contributed by atoms with Crippen LogP contribution in [0.5, 0.6) is 5.75 Å². The third kappa shape index (κ3) is 6.52. The van der Waals surface area contributed by atoms with Crippen LogP contribution in [0, 0.1) is 5.92 Å².